The standard InChI is InChI=1S/C24H25N5O/c1-16(2)29(3)15-17-12-20(13-25)23(27-14-17)18-8-10-19(11-9-18)24(30)28-22-7-5-4-6-21(22)26/h4-12,14,16H,15,26H2,1-3H3,(H,28,30). The molecule has 0 spiro atoms. The molecule has 0 fully saturated rings. The van der Waals surface area contributed by atoms with Crippen LogP contribution in [0, 0.1) is 11.3 Å². The van der Waals surface area contributed by atoms with Gasteiger partial charge in [-0.05, 0) is 56.8 Å². The van der Waals surface area contributed by atoms with Crippen molar-refractivity contribution in [1.29, 1.82) is 5.26 Å². The Morgan fingerprint density at radius 1 is 1.20 bits per heavy atom. The largest absolute Gasteiger partial charge is 0.397 e. The summed E-state index contributed by atoms with van der Waals surface area (Å²) in [5, 5.41) is 12.4. The van der Waals surface area contributed by atoms with Crippen LogP contribution in [0.2, 0.25) is 0 Å². The summed E-state index contributed by atoms with van der Waals surface area (Å²) in [6, 6.07) is 18.7. The fraction of sp³-hybridized carbons (Fsp3) is 0.208. The highest BCUT2D eigenvalue weighted by Gasteiger charge is 2.12. The van der Waals surface area contributed by atoms with Gasteiger partial charge in [0.2, 0.25) is 0 Å². The summed E-state index contributed by atoms with van der Waals surface area (Å²) < 4.78 is 0. The fourth-order valence-electron chi connectivity index (χ4n) is 2.97. The molecule has 1 heterocycles. The Balaban J connectivity index is 1.79. The Hall–Kier alpha value is -3.69. The lowest BCUT2D eigenvalue weighted by atomic mass is 10.0. The van der Waals surface area contributed by atoms with Crippen LogP contribution in [0.5, 0.6) is 0 Å². The number of benzene rings is 2. The summed E-state index contributed by atoms with van der Waals surface area (Å²) >= 11 is 0. The highest BCUT2D eigenvalue weighted by molar-refractivity contribution is 6.05. The van der Waals surface area contributed by atoms with E-state index >= 15 is 0 Å². The summed E-state index contributed by atoms with van der Waals surface area (Å²) in [5.74, 6) is -0.250. The van der Waals surface area contributed by atoms with Crippen molar-refractivity contribution < 1.29 is 4.79 Å². The third-order valence-electron chi connectivity index (χ3n) is 5.01. The number of nitrogens with zero attached hydrogens (tertiary/aromatic N) is 3. The molecule has 30 heavy (non-hydrogen) atoms. The third-order valence-corrected chi connectivity index (χ3v) is 5.01. The first-order valence-corrected chi connectivity index (χ1v) is 9.74. The normalized spacial score (nSPS) is 10.8. The smallest absolute Gasteiger partial charge is 0.255 e. The first-order valence-electron chi connectivity index (χ1n) is 9.74. The Bertz CT molecular complexity index is 1080. The first-order chi connectivity index (χ1) is 14.4. The van der Waals surface area contributed by atoms with E-state index in [4.69, 9.17) is 5.73 Å². The van der Waals surface area contributed by atoms with Crippen molar-refractivity contribution in [3.8, 4) is 17.3 Å². The van der Waals surface area contributed by atoms with E-state index in [1.165, 1.54) is 0 Å². The molecule has 3 rings (SSSR count). The molecule has 1 amide bonds. The summed E-state index contributed by atoms with van der Waals surface area (Å²) in [7, 11) is 2.04. The zero-order valence-corrected chi connectivity index (χ0v) is 17.4. The topological polar surface area (TPSA) is 95.0 Å². The highest BCUT2D eigenvalue weighted by atomic mass is 16.1. The number of nitrogens with two attached hydrogens (primary N) is 1. The second-order valence-corrected chi connectivity index (χ2v) is 7.48. The van der Waals surface area contributed by atoms with Crippen LogP contribution >= 0.6 is 0 Å². The third kappa shape index (κ3) is 4.83. The second kappa shape index (κ2) is 9.21. The summed E-state index contributed by atoms with van der Waals surface area (Å²) in [6.07, 6.45) is 1.80. The molecule has 6 nitrogen and oxygen atoms in total. The second-order valence-electron chi connectivity index (χ2n) is 7.48. The number of pyridine rings is 1. The number of carbonyl (C=O) groups is 1. The highest BCUT2D eigenvalue weighted by Crippen LogP contribution is 2.24. The number of para-hydroxylation sites is 2. The zero-order chi connectivity index (χ0) is 21.7. The molecule has 0 aliphatic carbocycles. The van der Waals surface area contributed by atoms with Crippen molar-refractivity contribution in [1.82, 2.24) is 9.88 Å². The van der Waals surface area contributed by atoms with Gasteiger partial charge in [-0.1, -0.05) is 24.3 Å². The Morgan fingerprint density at radius 2 is 1.90 bits per heavy atom. The monoisotopic (exact) mass is 399 g/mol. The quantitative estimate of drug-likeness (QED) is 0.603. The van der Waals surface area contributed by atoms with Crippen LogP contribution in [0.4, 0.5) is 11.4 Å². The minimum absolute atomic E-state index is 0.250. The molecule has 152 valence electrons. The predicted molar refractivity (Wildman–Crippen MR) is 120 cm³/mol. The van der Waals surface area contributed by atoms with Crippen molar-refractivity contribution in [2.75, 3.05) is 18.1 Å². The number of hydrogen-bond acceptors (Lipinski definition) is 5. The maximum Gasteiger partial charge on any atom is 0.255 e. The molecule has 0 radical (unpaired) electrons. The van der Waals surface area contributed by atoms with Gasteiger partial charge in [0, 0.05) is 29.9 Å². The van der Waals surface area contributed by atoms with Crippen molar-refractivity contribution in [3.05, 3.63) is 77.5 Å². The van der Waals surface area contributed by atoms with E-state index < -0.39 is 0 Å². The van der Waals surface area contributed by atoms with Crippen LogP contribution in [0.3, 0.4) is 0 Å². The minimum Gasteiger partial charge on any atom is -0.397 e. The average molecular weight is 399 g/mol. The molecular weight excluding hydrogens is 374 g/mol. The number of amides is 1. The van der Waals surface area contributed by atoms with Gasteiger partial charge in [0.15, 0.2) is 0 Å². The maximum absolute atomic E-state index is 12.5. The van der Waals surface area contributed by atoms with Gasteiger partial charge < -0.3 is 11.1 Å². The van der Waals surface area contributed by atoms with E-state index in [1.54, 1.807) is 42.6 Å². The number of carbonyl (C=O) groups excluding carboxylic acids is 1. The van der Waals surface area contributed by atoms with Crippen LogP contribution < -0.4 is 11.1 Å². The summed E-state index contributed by atoms with van der Waals surface area (Å²) in [4.78, 5) is 19.2. The molecule has 3 N–H and O–H groups in total. The molecule has 0 aliphatic heterocycles. The van der Waals surface area contributed by atoms with Gasteiger partial charge in [-0.3, -0.25) is 14.7 Å². The van der Waals surface area contributed by atoms with Crippen molar-refractivity contribution >= 4 is 17.3 Å². The van der Waals surface area contributed by atoms with Crippen molar-refractivity contribution in [2.45, 2.75) is 26.4 Å². The molecule has 0 aliphatic rings. The number of nitrogens with one attached hydrogen (secondary N) is 1. The molecule has 0 atom stereocenters. The summed E-state index contributed by atoms with van der Waals surface area (Å²) in [5.41, 5.74) is 10.3. The SMILES string of the molecule is CC(C)N(C)Cc1cnc(-c2ccc(C(=O)Nc3ccccc3N)cc2)c(C#N)c1. The van der Waals surface area contributed by atoms with Crippen LogP contribution in [0.1, 0.15) is 35.3 Å². The number of hydrogen-bond donors (Lipinski definition) is 2. The van der Waals surface area contributed by atoms with Gasteiger partial charge in [-0.15, -0.1) is 0 Å². The molecule has 3 aromatic rings. The molecular formula is C24H25N5O. The predicted octanol–water partition coefficient (Wildman–Crippen LogP) is 4.29. The van der Waals surface area contributed by atoms with Gasteiger partial charge in [-0.25, -0.2) is 0 Å². The van der Waals surface area contributed by atoms with Crippen molar-refractivity contribution in [2.24, 2.45) is 0 Å². The number of rotatable bonds is 6. The van der Waals surface area contributed by atoms with Crippen LogP contribution in [-0.2, 0) is 6.54 Å². The minimum atomic E-state index is -0.250. The summed E-state index contributed by atoms with van der Waals surface area (Å²) in [6.45, 7) is 4.97. The van der Waals surface area contributed by atoms with E-state index in [0.29, 0.717) is 34.2 Å². The number of anilines is 2. The van der Waals surface area contributed by atoms with Gasteiger partial charge in [-0.2, -0.15) is 5.26 Å². The van der Waals surface area contributed by atoms with Gasteiger partial charge in [0.05, 0.1) is 22.6 Å². The Kier molecular flexibility index (Phi) is 6.45. The molecule has 0 bridgehead atoms. The van der Waals surface area contributed by atoms with Gasteiger partial charge in [0.25, 0.3) is 5.91 Å². The van der Waals surface area contributed by atoms with E-state index in [0.717, 1.165) is 17.7 Å². The van der Waals surface area contributed by atoms with E-state index in [1.807, 2.05) is 25.2 Å². The van der Waals surface area contributed by atoms with E-state index in [9.17, 15) is 10.1 Å². The first kappa shape index (κ1) is 21.0. The molecule has 6 heteroatoms. The number of nitrogen functional groups attached to an aromatic ring is 1. The Labute approximate surface area is 177 Å². The number of aromatic nitrogens is 1. The average Bonchev–Trinajstić information content (AvgIpc) is 2.75. The lowest BCUT2D eigenvalue weighted by Crippen LogP contribution is -2.25. The van der Waals surface area contributed by atoms with Crippen LogP contribution in [-0.4, -0.2) is 28.9 Å². The lowest BCUT2D eigenvalue weighted by molar-refractivity contribution is 0.102. The molecule has 1 aromatic heterocycles. The van der Waals surface area contributed by atoms with Crippen LogP contribution in [0.25, 0.3) is 11.3 Å². The zero-order valence-electron chi connectivity index (χ0n) is 17.4. The molecule has 0 unspecified atom stereocenters. The Morgan fingerprint density at radius 3 is 2.53 bits per heavy atom. The fourth-order valence-corrected chi connectivity index (χ4v) is 2.97. The van der Waals surface area contributed by atoms with E-state index in [2.05, 4.69) is 35.1 Å². The van der Waals surface area contributed by atoms with Gasteiger partial charge >= 0.3 is 0 Å². The van der Waals surface area contributed by atoms with Crippen LogP contribution in [0.15, 0.2) is 60.8 Å². The lowest BCUT2D eigenvalue weighted by Gasteiger charge is -2.21. The number of nitriles is 1. The molecule has 0 saturated heterocycles. The molecule has 0 saturated carbocycles. The maximum atomic E-state index is 12.5. The van der Waals surface area contributed by atoms with Gasteiger partial charge in [0.1, 0.15) is 6.07 Å². The van der Waals surface area contributed by atoms with E-state index in [-0.39, 0.29) is 5.91 Å². The molecule has 2 aromatic carbocycles. The van der Waals surface area contributed by atoms with Crippen molar-refractivity contribution in [3.63, 3.8) is 0 Å².